The van der Waals surface area contributed by atoms with Crippen LogP contribution in [0.4, 0.5) is 0 Å². The molecule has 3 aromatic carbocycles. The van der Waals surface area contributed by atoms with E-state index in [9.17, 15) is 25.9 Å². The third-order valence-corrected chi connectivity index (χ3v) is 9.72. The van der Waals surface area contributed by atoms with Gasteiger partial charge in [-0.05, 0) is 80.7 Å². The number of rotatable bonds is 7. The molecule has 3 rings (SSSR count). The molecule has 6 nitrogen and oxygen atoms in total. The van der Waals surface area contributed by atoms with Crippen LogP contribution in [-0.4, -0.2) is 25.9 Å². The lowest BCUT2D eigenvalue weighted by atomic mass is 10.1. The van der Waals surface area contributed by atoms with E-state index >= 15 is 0 Å². The van der Waals surface area contributed by atoms with Crippen LogP contribution in [0.25, 0.3) is 0 Å². The van der Waals surface area contributed by atoms with Crippen molar-refractivity contribution in [1.82, 2.24) is 0 Å². The highest BCUT2D eigenvalue weighted by Gasteiger charge is 2.25. The molecular formula is C25H29O6PS2. The molecule has 0 unspecified atom stereocenters. The van der Waals surface area contributed by atoms with Crippen LogP contribution in [0, 0.1) is 34.6 Å². The standard InChI is InChI=1S/C25H29O6PS2/c1-16-7-6-8-23(11-16)32(24-12-17(2)9-21(19(24)4)14-33(26,27)28)25-13-18(3)10-22(20(25)5)15-34(29,30)31/h6-13H,14-15H2,1-5H3,(H,26,27,28)(H,29,30,31). The largest absolute Gasteiger partial charge is 0.285 e. The van der Waals surface area contributed by atoms with Crippen molar-refractivity contribution < 1.29 is 25.9 Å². The fraction of sp³-hybridized carbons (Fsp3) is 0.280. The van der Waals surface area contributed by atoms with Gasteiger partial charge in [0.1, 0.15) is 11.5 Å². The highest BCUT2D eigenvalue weighted by molar-refractivity contribution is 7.85. The molecule has 0 fully saturated rings. The maximum absolute atomic E-state index is 11.7. The number of hydrogen-bond acceptors (Lipinski definition) is 4. The first-order valence-electron chi connectivity index (χ1n) is 10.6. The van der Waals surface area contributed by atoms with Gasteiger partial charge in [-0.1, -0.05) is 65.2 Å². The van der Waals surface area contributed by atoms with Gasteiger partial charge in [-0.2, -0.15) is 16.8 Å². The van der Waals surface area contributed by atoms with Crippen molar-refractivity contribution in [3.63, 3.8) is 0 Å². The maximum Gasteiger partial charge on any atom is 0.269 e. The zero-order valence-electron chi connectivity index (χ0n) is 19.8. The van der Waals surface area contributed by atoms with Crippen molar-refractivity contribution in [2.24, 2.45) is 0 Å². The highest BCUT2D eigenvalue weighted by atomic mass is 32.2. The molecule has 2 N–H and O–H groups in total. The Morgan fingerprint density at radius 1 is 0.647 bits per heavy atom. The molecule has 0 radical (unpaired) electrons. The Labute approximate surface area is 203 Å². The van der Waals surface area contributed by atoms with E-state index < -0.39 is 39.7 Å². The molecule has 0 atom stereocenters. The summed E-state index contributed by atoms with van der Waals surface area (Å²) >= 11 is 0. The molecular weight excluding hydrogens is 491 g/mol. The van der Waals surface area contributed by atoms with Gasteiger partial charge in [-0.25, -0.2) is 0 Å². The quantitative estimate of drug-likeness (QED) is 0.363. The molecule has 0 bridgehead atoms. The molecule has 0 aliphatic rings. The zero-order chi connectivity index (χ0) is 25.4. The van der Waals surface area contributed by atoms with Gasteiger partial charge in [0.2, 0.25) is 0 Å². The lowest BCUT2D eigenvalue weighted by molar-refractivity contribution is 0.479. The molecule has 0 amide bonds. The molecule has 0 saturated carbocycles. The van der Waals surface area contributed by atoms with Gasteiger partial charge in [0.25, 0.3) is 20.2 Å². The van der Waals surface area contributed by atoms with E-state index in [4.69, 9.17) is 0 Å². The minimum Gasteiger partial charge on any atom is -0.285 e. The van der Waals surface area contributed by atoms with Crippen molar-refractivity contribution in [2.75, 3.05) is 0 Å². The van der Waals surface area contributed by atoms with Gasteiger partial charge < -0.3 is 0 Å². The second-order valence-corrected chi connectivity index (χ2v) is 13.8. The van der Waals surface area contributed by atoms with Crippen LogP contribution in [0.1, 0.15) is 38.9 Å². The van der Waals surface area contributed by atoms with Crippen LogP contribution in [0.15, 0.2) is 48.5 Å². The Balaban J connectivity index is 2.37. The zero-order valence-corrected chi connectivity index (χ0v) is 22.4. The first kappa shape index (κ1) is 26.5. The predicted molar refractivity (Wildman–Crippen MR) is 139 cm³/mol. The van der Waals surface area contributed by atoms with Crippen LogP contribution >= 0.6 is 7.92 Å². The average Bonchev–Trinajstić information content (AvgIpc) is 2.66. The van der Waals surface area contributed by atoms with E-state index in [0.717, 1.165) is 43.7 Å². The number of benzene rings is 3. The summed E-state index contributed by atoms with van der Waals surface area (Å²) < 4.78 is 65.8. The highest BCUT2D eigenvalue weighted by Crippen LogP contribution is 2.38. The van der Waals surface area contributed by atoms with E-state index in [2.05, 4.69) is 6.07 Å². The monoisotopic (exact) mass is 520 g/mol. The summed E-state index contributed by atoms with van der Waals surface area (Å²) in [5.41, 5.74) is 5.39. The minimum atomic E-state index is -4.22. The molecule has 0 aliphatic heterocycles. The van der Waals surface area contributed by atoms with Crippen LogP contribution in [0.2, 0.25) is 0 Å². The van der Waals surface area contributed by atoms with Crippen molar-refractivity contribution in [3.8, 4) is 0 Å². The van der Waals surface area contributed by atoms with Gasteiger partial charge in [0.15, 0.2) is 0 Å². The minimum absolute atomic E-state index is 0.481. The molecule has 0 saturated heterocycles. The van der Waals surface area contributed by atoms with E-state index in [1.807, 2.05) is 65.0 Å². The van der Waals surface area contributed by atoms with E-state index in [-0.39, 0.29) is 0 Å². The third-order valence-electron chi connectivity index (χ3n) is 5.68. The Hall–Kier alpha value is -2.09. The van der Waals surface area contributed by atoms with Gasteiger partial charge in [-0.3, -0.25) is 9.11 Å². The Bertz CT molecular complexity index is 1370. The smallest absolute Gasteiger partial charge is 0.269 e. The molecule has 0 aromatic heterocycles. The summed E-state index contributed by atoms with van der Waals surface area (Å²) in [5, 5.41) is 2.91. The lowest BCUT2D eigenvalue weighted by Gasteiger charge is -2.26. The van der Waals surface area contributed by atoms with Crippen LogP contribution in [-0.2, 0) is 31.7 Å². The predicted octanol–water partition coefficient (Wildman–Crippen LogP) is 3.76. The van der Waals surface area contributed by atoms with E-state index in [1.165, 1.54) is 0 Å². The third kappa shape index (κ3) is 6.52. The molecule has 0 heterocycles. The van der Waals surface area contributed by atoms with E-state index in [0.29, 0.717) is 11.1 Å². The van der Waals surface area contributed by atoms with Crippen molar-refractivity contribution in [1.29, 1.82) is 0 Å². The summed E-state index contributed by atoms with van der Waals surface area (Å²) in [6.45, 7) is 9.46. The van der Waals surface area contributed by atoms with Crippen LogP contribution in [0.3, 0.4) is 0 Å². The summed E-state index contributed by atoms with van der Waals surface area (Å²) in [6, 6.07) is 15.7. The maximum atomic E-state index is 11.7. The molecule has 182 valence electrons. The van der Waals surface area contributed by atoms with Crippen LogP contribution in [0.5, 0.6) is 0 Å². The van der Waals surface area contributed by atoms with Crippen molar-refractivity contribution in [2.45, 2.75) is 46.1 Å². The topological polar surface area (TPSA) is 109 Å². The molecule has 3 aromatic rings. The summed E-state index contributed by atoms with van der Waals surface area (Å²) in [6.07, 6.45) is 0. The molecule has 0 spiro atoms. The van der Waals surface area contributed by atoms with Gasteiger partial charge in [0.05, 0.1) is 0 Å². The second-order valence-electron chi connectivity index (χ2n) is 8.76. The van der Waals surface area contributed by atoms with Gasteiger partial charge >= 0.3 is 0 Å². The Kier molecular flexibility index (Phi) is 7.70. The van der Waals surface area contributed by atoms with Gasteiger partial charge in [-0.15, -0.1) is 0 Å². The SMILES string of the molecule is Cc1cccc(P(c2cc(C)cc(CS(=O)(=O)O)c2C)c2cc(C)cc(CS(=O)(=O)O)c2C)c1. The summed E-state index contributed by atoms with van der Waals surface area (Å²) in [7, 11) is -9.65. The Morgan fingerprint density at radius 2 is 1.09 bits per heavy atom. The number of aryl methyl sites for hydroxylation is 3. The second kappa shape index (κ2) is 9.88. The summed E-state index contributed by atoms with van der Waals surface area (Å²) in [5.74, 6) is -0.962. The normalized spacial score (nSPS) is 12.4. The fourth-order valence-corrected chi connectivity index (χ4v) is 8.55. The lowest BCUT2D eigenvalue weighted by Crippen LogP contribution is -2.27. The molecule has 0 aliphatic carbocycles. The first-order valence-corrected chi connectivity index (χ1v) is 15.2. The van der Waals surface area contributed by atoms with Crippen molar-refractivity contribution in [3.05, 3.63) is 87.5 Å². The molecule has 9 heteroatoms. The molecule has 34 heavy (non-hydrogen) atoms. The fourth-order valence-electron chi connectivity index (χ4n) is 4.16. The number of hydrogen-bond donors (Lipinski definition) is 2. The first-order chi connectivity index (χ1) is 15.6. The van der Waals surface area contributed by atoms with Crippen LogP contribution < -0.4 is 15.9 Å². The average molecular weight is 521 g/mol. The summed E-state index contributed by atoms with van der Waals surface area (Å²) in [4.78, 5) is 0. The Morgan fingerprint density at radius 3 is 1.47 bits per heavy atom. The van der Waals surface area contributed by atoms with E-state index in [1.54, 1.807) is 12.1 Å². The van der Waals surface area contributed by atoms with Crippen molar-refractivity contribution >= 4 is 44.1 Å². The van der Waals surface area contributed by atoms with Gasteiger partial charge in [0, 0.05) is 0 Å².